The van der Waals surface area contributed by atoms with Gasteiger partial charge >= 0.3 is 0 Å². The number of hydrogen-bond donors (Lipinski definition) is 2. The number of nitrogens with one attached hydrogen (secondary N) is 1. The average molecular weight is 371 g/mol. The number of sulfonamides is 1. The van der Waals surface area contributed by atoms with Gasteiger partial charge in [0.2, 0.25) is 15.9 Å². The second kappa shape index (κ2) is 6.93. The van der Waals surface area contributed by atoms with Gasteiger partial charge in [-0.25, -0.2) is 13.6 Å². The molecule has 3 N–H and O–H groups in total. The van der Waals surface area contributed by atoms with Gasteiger partial charge in [0.15, 0.2) is 0 Å². The quantitative estimate of drug-likeness (QED) is 0.722. The molecule has 0 bridgehead atoms. The van der Waals surface area contributed by atoms with Gasteiger partial charge in [-0.2, -0.15) is 0 Å². The van der Waals surface area contributed by atoms with Gasteiger partial charge in [0, 0.05) is 30.4 Å². The third kappa shape index (κ3) is 3.79. The molecule has 26 heavy (non-hydrogen) atoms. The van der Waals surface area contributed by atoms with Crippen LogP contribution < -0.4 is 10.5 Å². The third-order valence-corrected chi connectivity index (χ3v) is 5.40. The van der Waals surface area contributed by atoms with E-state index in [9.17, 15) is 13.2 Å². The number of amides is 1. The molecule has 136 valence electrons. The fraction of sp³-hybridized carbons (Fsp3) is 0.211. The smallest absolute Gasteiger partial charge is 0.238 e. The van der Waals surface area contributed by atoms with Crippen LogP contribution in [0, 0.1) is 13.8 Å². The van der Waals surface area contributed by atoms with Crippen LogP contribution in [0.1, 0.15) is 17.5 Å². The molecule has 0 aliphatic rings. The Morgan fingerprint density at radius 3 is 2.62 bits per heavy atom. The van der Waals surface area contributed by atoms with Crippen LogP contribution in [0.5, 0.6) is 0 Å². The zero-order valence-electron chi connectivity index (χ0n) is 14.7. The molecular weight excluding hydrogens is 350 g/mol. The van der Waals surface area contributed by atoms with Crippen molar-refractivity contribution >= 4 is 32.5 Å². The van der Waals surface area contributed by atoms with Crippen molar-refractivity contribution in [2.24, 2.45) is 5.14 Å². The Morgan fingerprint density at radius 1 is 1.15 bits per heavy atom. The molecule has 0 saturated heterocycles. The van der Waals surface area contributed by atoms with Crippen molar-refractivity contribution in [2.75, 3.05) is 5.32 Å². The second-order valence-corrected chi connectivity index (χ2v) is 7.89. The van der Waals surface area contributed by atoms with Gasteiger partial charge in [0.25, 0.3) is 0 Å². The summed E-state index contributed by atoms with van der Waals surface area (Å²) in [5, 5.41) is 9.13. The van der Waals surface area contributed by atoms with Crippen molar-refractivity contribution in [3.8, 4) is 0 Å². The van der Waals surface area contributed by atoms with E-state index < -0.39 is 10.0 Å². The van der Waals surface area contributed by atoms with E-state index in [1.165, 1.54) is 12.1 Å². The van der Waals surface area contributed by atoms with Crippen molar-refractivity contribution in [1.82, 2.24) is 4.57 Å². The predicted molar refractivity (Wildman–Crippen MR) is 102 cm³/mol. The fourth-order valence-corrected chi connectivity index (χ4v) is 3.51. The summed E-state index contributed by atoms with van der Waals surface area (Å²) in [6.45, 7) is 4.15. The largest absolute Gasteiger partial charge is 0.347 e. The molecule has 0 aliphatic heterocycles. The standard InChI is InChI=1S/C19H21N3O3S/c1-13-11-16(26(20,24)25)12-17(14(13)2)21-19(23)8-10-22-9-7-15-5-3-4-6-18(15)22/h3-7,9,11-12H,8,10H2,1-2H3,(H,21,23)(H2,20,24,25). The van der Waals surface area contributed by atoms with Crippen LogP contribution in [0.15, 0.2) is 53.6 Å². The van der Waals surface area contributed by atoms with Crippen LogP contribution in [0.2, 0.25) is 0 Å². The number of nitrogens with zero attached hydrogens (tertiary/aromatic N) is 1. The van der Waals surface area contributed by atoms with Crippen molar-refractivity contribution in [3.63, 3.8) is 0 Å². The highest BCUT2D eigenvalue weighted by molar-refractivity contribution is 7.89. The van der Waals surface area contributed by atoms with Crippen LogP contribution in [-0.4, -0.2) is 18.9 Å². The number of hydrogen-bond acceptors (Lipinski definition) is 3. The Labute approximate surface area is 152 Å². The monoisotopic (exact) mass is 371 g/mol. The summed E-state index contributed by atoms with van der Waals surface area (Å²) in [6.07, 6.45) is 2.23. The molecule has 1 aromatic heterocycles. The Kier molecular flexibility index (Phi) is 4.84. The van der Waals surface area contributed by atoms with Crippen LogP contribution in [0.25, 0.3) is 10.9 Å². The summed E-state index contributed by atoms with van der Waals surface area (Å²) in [4.78, 5) is 12.4. The van der Waals surface area contributed by atoms with Gasteiger partial charge in [0.1, 0.15) is 0 Å². The maximum atomic E-state index is 12.4. The molecule has 0 spiro atoms. The third-order valence-electron chi connectivity index (χ3n) is 4.50. The fourth-order valence-electron chi connectivity index (χ4n) is 2.89. The Balaban J connectivity index is 1.75. The highest BCUT2D eigenvalue weighted by atomic mass is 32.2. The van der Waals surface area contributed by atoms with E-state index in [-0.39, 0.29) is 17.2 Å². The second-order valence-electron chi connectivity index (χ2n) is 6.32. The van der Waals surface area contributed by atoms with E-state index in [1.807, 2.05) is 48.0 Å². The van der Waals surface area contributed by atoms with Crippen LogP contribution >= 0.6 is 0 Å². The molecule has 0 aliphatic carbocycles. The van der Waals surface area contributed by atoms with E-state index in [0.717, 1.165) is 22.0 Å². The summed E-state index contributed by atoms with van der Waals surface area (Å²) < 4.78 is 25.2. The minimum atomic E-state index is -3.83. The minimum Gasteiger partial charge on any atom is -0.347 e. The van der Waals surface area contributed by atoms with Crippen molar-refractivity contribution in [3.05, 3.63) is 59.8 Å². The first-order valence-electron chi connectivity index (χ1n) is 8.23. The first-order chi connectivity index (χ1) is 12.3. The predicted octanol–water partition coefficient (Wildman–Crippen LogP) is 2.93. The number of benzene rings is 2. The molecule has 1 heterocycles. The van der Waals surface area contributed by atoms with Gasteiger partial charge in [-0.05, 0) is 54.6 Å². The highest BCUT2D eigenvalue weighted by Crippen LogP contribution is 2.24. The number of primary sulfonamides is 1. The molecule has 0 atom stereocenters. The van der Waals surface area contributed by atoms with E-state index in [2.05, 4.69) is 5.32 Å². The zero-order valence-corrected chi connectivity index (χ0v) is 15.5. The number of carbonyl (C=O) groups is 1. The molecule has 1 amide bonds. The summed E-state index contributed by atoms with van der Waals surface area (Å²) in [5.74, 6) is -0.183. The minimum absolute atomic E-state index is 0.00713. The van der Waals surface area contributed by atoms with Crippen molar-refractivity contribution in [2.45, 2.75) is 31.7 Å². The Morgan fingerprint density at radius 2 is 1.88 bits per heavy atom. The van der Waals surface area contributed by atoms with Crippen LogP contribution in [0.4, 0.5) is 5.69 Å². The molecular formula is C19H21N3O3S. The van der Waals surface area contributed by atoms with E-state index in [4.69, 9.17) is 5.14 Å². The molecule has 0 saturated carbocycles. The summed E-state index contributed by atoms with van der Waals surface area (Å²) in [6, 6.07) is 12.9. The highest BCUT2D eigenvalue weighted by Gasteiger charge is 2.14. The van der Waals surface area contributed by atoms with Gasteiger partial charge < -0.3 is 9.88 Å². The normalized spacial score (nSPS) is 11.7. The topological polar surface area (TPSA) is 94.2 Å². The lowest BCUT2D eigenvalue weighted by molar-refractivity contribution is -0.116. The molecule has 0 radical (unpaired) electrons. The summed E-state index contributed by atoms with van der Waals surface area (Å²) >= 11 is 0. The number of aryl methyl sites for hydroxylation is 2. The van der Waals surface area contributed by atoms with Crippen molar-refractivity contribution in [1.29, 1.82) is 0 Å². The number of aromatic nitrogens is 1. The van der Waals surface area contributed by atoms with Gasteiger partial charge in [-0.3, -0.25) is 4.79 Å². The molecule has 3 rings (SSSR count). The lowest BCUT2D eigenvalue weighted by atomic mass is 10.1. The first kappa shape index (κ1) is 18.2. The number of anilines is 1. The number of para-hydroxylation sites is 1. The first-order valence-corrected chi connectivity index (χ1v) is 9.78. The molecule has 6 nitrogen and oxygen atoms in total. The summed E-state index contributed by atoms with van der Waals surface area (Å²) in [5.41, 5.74) is 3.11. The Bertz CT molecular complexity index is 1080. The number of fused-ring (bicyclic) bond motifs is 1. The van der Waals surface area contributed by atoms with Gasteiger partial charge in [-0.1, -0.05) is 18.2 Å². The molecule has 7 heteroatoms. The molecule has 3 aromatic rings. The maximum Gasteiger partial charge on any atom is 0.238 e. The molecule has 2 aromatic carbocycles. The van der Waals surface area contributed by atoms with Gasteiger partial charge in [0.05, 0.1) is 4.90 Å². The SMILES string of the molecule is Cc1cc(S(N)(=O)=O)cc(NC(=O)CCn2ccc3ccccc32)c1C. The number of nitrogens with two attached hydrogens (primary N) is 1. The average Bonchev–Trinajstić information content (AvgIpc) is 2.99. The molecule has 0 unspecified atom stereocenters. The molecule has 0 fully saturated rings. The lowest BCUT2D eigenvalue weighted by Gasteiger charge is -2.13. The Hall–Kier alpha value is -2.64. The van der Waals surface area contributed by atoms with Crippen molar-refractivity contribution < 1.29 is 13.2 Å². The lowest BCUT2D eigenvalue weighted by Crippen LogP contribution is -2.17. The van der Waals surface area contributed by atoms with Crippen LogP contribution in [0.3, 0.4) is 0 Å². The van der Waals surface area contributed by atoms with Gasteiger partial charge in [-0.15, -0.1) is 0 Å². The maximum absolute atomic E-state index is 12.4. The zero-order chi connectivity index (χ0) is 18.9. The van der Waals surface area contributed by atoms with E-state index in [0.29, 0.717) is 12.2 Å². The summed E-state index contributed by atoms with van der Waals surface area (Å²) in [7, 11) is -3.83. The van der Waals surface area contributed by atoms with E-state index in [1.54, 1.807) is 6.92 Å². The number of carbonyl (C=O) groups excluding carboxylic acids is 1. The van der Waals surface area contributed by atoms with E-state index >= 15 is 0 Å². The number of rotatable bonds is 5. The van der Waals surface area contributed by atoms with Crippen LogP contribution in [-0.2, 0) is 21.4 Å².